The van der Waals surface area contributed by atoms with Crippen molar-refractivity contribution in [2.75, 3.05) is 0 Å². The Morgan fingerprint density at radius 1 is 1.09 bits per heavy atom. The number of hydrogen-bond acceptors (Lipinski definition) is 5. The second-order valence-electron chi connectivity index (χ2n) is 4.79. The number of carbonyl (C=O) groups excluding carboxylic acids is 1. The lowest BCUT2D eigenvalue weighted by atomic mass is 10.3. The Labute approximate surface area is 135 Å². The van der Waals surface area contributed by atoms with Gasteiger partial charge >= 0.3 is 5.97 Å². The first kappa shape index (κ1) is 15.1. The molecular formula is C16H13NO5S. The van der Waals surface area contributed by atoms with Crippen LogP contribution in [0.1, 0.15) is 31.7 Å². The first-order valence-corrected chi connectivity index (χ1v) is 7.68. The first-order valence-electron chi connectivity index (χ1n) is 6.80. The summed E-state index contributed by atoms with van der Waals surface area (Å²) in [5.41, 5.74) is 0. The second kappa shape index (κ2) is 6.53. The molecule has 0 aliphatic rings. The van der Waals surface area contributed by atoms with Crippen LogP contribution in [0, 0.1) is 0 Å². The summed E-state index contributed by atoms with van der Waals surface area (Å²) < 4.78 is 10.4. The molecule has 0 radical (unpaired) electrons. The summed E-state index contributed by atoms with van der Waals surface area (Å²) in [5, 5.41) is 10.8. The molecule has 0 atom stereocenters. The van der Waals surface area contributed by atoms with Crippen molar-refractivity contribution in [3.63, 3.8) is 0 Å². The average Bonchev–Trinajstić information content (AvgIpc) is 3.28. The lowest BCUT2D eigenvalue weighted by Crippen LogP contribution is -2.29. The summed E-state index contributed by atoms with van der Waals surface area (Å²) in [5.74, 6) is -1.23. The van der Waals surface area contributed by atoms with Crippen LogP contribution in [0.2, 0.25) is 0 Å². The first-order chi connectivity index (χ1) is 11.1. The number of aromatic carboxylic acids is 1. The normalized spacial score (nSPS) is 10.6. The molecule has 118 valence electrons. The Balaban J connectivity index is 1.83. The van der Waals surface area contributed by atoms with Gasteiger partial charge in [-0.15, -0.1) is 11.3 Å². The van der Waals surface area contributed by atoms with Gasteiger partial charge in [-0.05, 0) is 35.7 Å². The summed E-state index contributed by atoms with van der Waals surface area (Å²) in [4.78, 5) is 26.1. The van der Waals surface area contributed by atoms with Crippen LogP contribution >= 0.6 is 11.3 Å². The highest BCUT2D eigenvalue weighted by Gasteiger charge is 2.22. The molecule has 1 N–H and O–H groups in total. The Kier molecular flexibility index (Phi) is 4.29. The van der Waals surface area contributed by atoms with Crippen molar-refractivity contribution in [2.45, 2.75) is 13.1 Å². The van der Waals surface area contributed by atoms with Crippen molar-refractivity contribution in [1.82, 2.24) is 4.90 Å². The third kappa shape index (κ3) is 3.51. The quantitative estimate of drug-likeness (QED) is 0.747. The van der Waals surface area contributed by atoms with Crippen molar-refractivity contribution in [1.29, 1.82) is 0 Å². The molecule has 0 bridgehead atoms. The fourth-order valence-electron chi connectivity index (χ4n) is 2.10. The van der Waals surface area contributed by atoms with Gasteiger partial charge in [-0.3, -0.25) is 4.79 Å². The molecule has 3 rings (SSSR count). The van der Waals surface area contributed by atoms with Crippen LogP contribution in [0.4, 0.5) is 0 Å². The lowest BCUT2D eigenvalue weighted by Gasteiger charge is -2.19. The minimum absolute atomic E-state index is 0.00878. The molecule has 0 aliphatic heterocycles. The summed E-state index contributed by atoms with van der Waals surface area (Å²) in [6, 6.07) is 10.0. The molecule has 0 aromatic carbocycles. The zero-order chi connectivity index (χ0) is 16.2. The zero-order valence-corrected chi connectivity index (χ0v) is 12.8. The number of thiophene rings is 1. The van der Waals surface area contributed by atoms with Crippen molar-refractivity contribution in [2.24, 2.45) is 0 Å². The number of nitrogens with zero attached hydrogens (tertiary/aromatic N) is 1. The molecule has 6 nitrogen and oxygen atoms in total. The van der Waals surface area contributed by atoms with Gasteiger partial charge in [0.1, 0.15) is 5.76 Å². The number of furan rings is 2. The maximum absolute atomic E-state index is 12.6. The minimum Gasteiger partial charge on any atom is -0.475 e. The number of carboxylic acids is 1. The highest BCUT2D eigenvalue weighted by Crippen LogP contribution is 2.19. The largest absolute Gasteiger partial charge is 0.475 e. The van der Waals surface area contributed by atoms with E-state index in [-0.39, 0.29) is 24.0 Å². The van der Waals surface area contributed by atoms with Gasteiger partial charge in [-0.2, -0.15) is 0 Å². The van der Waals surface area contributed by atoms with Gasteiger partial charge < -0.3 is 18.8 Å². The van der Waals surface area contributed by atoms with Crippen molar-refractivity contribution < 1.29 is 23.5 Å². The van der Waals surface area contributed by atoms with Gasteiger partial charge in [-0.25, -0.2) is 4.79 Å². The van der Waals surface area contributed by atoms with E-state index in [2.05, 4.69) is 0 Å². The second-order valence-corrected chi connectivity index (χ2v) is 5.82. The van der Waals surface area contributed by atoms with Crippen LogP contribution in [0.3, 0.4) is 0 Å². The summed E-state index contributed by atoms with van der Waals surface area (Å²) in [6.07, 6.45) is 1.54. The topological polar surface area (TPSA) is 83.9 Å². The van der Waals surface area contributed by atoms with E-state index in [4.69, 9.17) is 13.9 Å². The monoisotopic (exact) mass is 331 g/mol. The molecule has 7 heteroatoms. The number of carbonyl (C=O) groups is 2. The zero-order valence-electron chi connectivity index (χ0n) is 12.0. The fraction of sp³-hybridized carbons (Fsp3) is 0.125. The lowest BCUT2D eigenvalue weighted by molar-refractivity contribution is 0.0640. The van der Waals surface area contributed by atoms with Crippen molar-refractivity contribution in [3.05, 3.63) is 70.2 Å². The van der Waals surface area contributed by atoms with E-state index in [1.165, 1.54) is 23.5 Å². The SMILES string of the molecule is O=C(O)c1ccc(C(=O)N(Cc2ccco2)Cc2cccs2)o1. The van der Waals surface area contributed by atoms with Crippen LogP contribution in [0.15, 0.2) is 56.9 Å². The van der Waals surface area contributed by atoms with E-state index in [0.29, 0.717) is 12.3 Å². The smallest absolute Gasteiger partial charge is 0.371 e. The van der Waals surface area contributed by atoms with Crippen molar-refractivity contribution in [3.8, 4) is 0 Å². The Hall–Kier alpha value is -2.80. The number of carboxylic acid groups (broad SMARTS) is 1. The molecule has 0 spiro atoms. The third-order valence-corrected chi connectivity index (χ3v) is 4.03. The number of rotatable bonds is 6. The molecule has 3 aromatic heterocycles. The Bertz CT molecular complexity index is 752. The van der Waals surface area contributed by atoms with Gasteiger partial charge in [0.15, 0.2) is 5.76 Å². The van der Waals surface area contributed by atoms with Gasteiger partial charge in [0, 0.05) is 4.88 Å². The van der Waals surface area contributed by atoms with Crippen molar-refractivity contribution >= 4 is 23.2 Å². The van der Waals surface area contributed by atoms with Crippen LogP contribution in [0.5, 0.6) is 0 Å². The Morgan fingerprint density at radius 2 is 1.91 bits per heavy atom. The molecule has 0 fully saturated rings. The Morgan fingerprint density at radius 3 is 2.52 bits per heavy atom. The molecule has 1 amide bonds. The maximum Gasteiger partial charge on any atom is 0.371 e. The highest BCUT2D eigenvalue weighted by atomic mass is 32.1. The van der Waals surface area contributed by atoms with E-state index < -0.39 is 5.97 Å². The van der Waals surface area contributed by atoms with Crippen LogP contribution in [-0.2, 0) is 13.1 Å². The number of amides is 1. The molecule has 3 aromatic rings. The molecule has 23 heavy (non-hydrogen) atoms. The van der Waals surface area contributed by atoms with Gasteiger partial charge in [0.05, 0.1) is 19.4 Å². The fourth-order valence-corrected chi connectivity index (χ4v) is 2.82. The summed E-state index contributed by atoms with van der Waals surface area (Å²) in [7, 11) is 0. The maximum atomic E-state index is 12.6. The third-order valence-electron chi connectivity index (χ3n) is 3.17. The van der Waals surface area contributed by atoms with E-state index in [0.717, 1.165) is 4.88 Å². The number of hydrogen-bond donors (Lipinski definition) is 1. The summed E-state index contributed by atoms with van der Waals surface area (Å²) in [6.45, 7) is 0.660. The predicted octanol–water partition coefficient (Wildman–Crippen LogP) is 3.47. The highest BCUT2D eigenvalue weighted by molar-refractivity contribution is 7.09. The van der Waals surface area contributed by atoms with E-state index >= 15 is 0 Å². The molecule has 0 saturated heterocycles. The summed E-state index contributed by atoms with van der Waals surface area (Å²) >= 11 is 1.54. The standard InChI is InChI=1S/C16H13NO5S/c18-15(13-5-6-14(22-13)16(19)20)17(9-11-3-1-7-21-11)10-12-4-2-8-23-12/h1-8H,9-10H2,(H,19,20). The predicted molar refractivity (Wildman–Crippen MR) is 82.3 cm³/mol. The van der Waals surface area contributed by atoms with Crippen LogP contribution < -0.4 is 0 Å². The molecule has 0 saturated carbocycles. The minimum atomic E-state index is -1.21. The molecule has 3 heterocycles. The van der Waals surface area contributed by atoms with Gasteiger partial charge in [-0.1, -0.05) is 6.07 Å². The van der Waals surface area contributed by atoms with Gasteiger partial charge in [0.25, 0.3) is 5.91 Å². The molecule has 0 aliphatic carbocycles. The van der Waals surface area contributed by atoms with E-state index in [1.54, 1.807) is 23.3 Å². The van der Waals surface area contributed by atoms with E-state index in [1.807, 2.05) is 17.5 Å². The molecular weight excluding hydrogens is 318 g/mol. The average molecular weight is 331 g/mol. The molecule has 0 unspecified atom stereocenters. The van der Waals surface area contributed by atoms with E-state index in [9.17, 15) is 9.59 Å². The van der Waals surface area contributed by atoms with Crippen LogP contribution in [-0.4, -0.2) is 21.9 Å². The van der Waals surface area contributed by atoms with Crippen LogP contribution in [0.25, 0.3) is 0 Å². The van der Waals surface area contributed by atoms with Gasteiger partial charge in [0.2, 0.25) is 5.76 Å².